The maximum absolute atomic E-state index is 13.8. The quantitative estimate of drug-likeness (QED) is 0.297. The van der Waals surface area contributed by atoms with Crippen LogP contribution in [0.1, 0.15) is 67.1 Å². The van der Waals surface area contributed by atoms with Gasteiger partial charge in [0.15, 0.2) is 11.4 Å². The molecule has 1 amide bonds. The number of nitrogens with two attached hydrogens (primary N) is 2. The number of methoxy groups -OCH3 is 1. The average Bonchev–Trinajstić information content (AvgIpc) is 3.38. The van der Waals surface area contributed by atoms with E-state index in [0.717, 1.165) is 31.4 Å². The molecule has 6 atom stereocenters. The van der Waals surface area contributed by atoms with Gasteiger partial charge < -0.3 is 36.6 Å². The number of fused-ring (bicyclic) bond motifs is 3. The van der Waals surface area contributed by atoms with Crippen LogP contribution in [0.2, 0.25) is 0 Å². The summed E-state index contributed by atoms with van der Waals surface area (Å²) in [5.74, 6) is -6.80. The molecular weight excluding hydrogens is 506 g/mol. The third-order valence-electron chi connectivity index (χ3n) is 9.25. The molecule has 8 N–H and O–H groups in total. The number of allylic oxidation sites excluding steroid dienone is 1. The minimum atomic E-state index is -2.73. The molecule has 0 aromatic heterocycles. The van der Waals surface area contributed by atoms with E-state index in [4.69, 9.17) is 16.2 Å². The summed E-state index contributed by atoms with van der Waals surface area (Å²) in [6, 6.07) is 0.439. The fourth-order valence-electron chi connectivity index (χ4n) is 7.16. The van der Waals surface area contributed by atoms with E-state index in [9.17, 15) is 34.8 Å². The maximum Gasteiger partial charge on any atom is 0.255 e. The second-order valence-electron chi connectivity index (χ2n) is 11.1. The molecule has 11 heteroatoms. The van der Waals surface area contributed by atoms with E-state index in [1.54, 1.807) is 0 Å². The lowest BCUT2D eigenvalue weighted by Gasteiger charge is -2.47. The zero-order valence-electron chi connectivity index (χ0n) is 22.2. The predicted molar refractivity (Wildman–Crippen MR) is 139 cm³/mol. The molecule has 1 aromatic rings. The summed E-state index contributed by atoms with van der Waals surface area (Å²) < 4.78 is 5.85. The molecule has 1 fully saturated rings. The van der Waals surface area contributed by atoms with Crippen molar-refractivity contribution in [2.75, 3.05) is 13.7 Å². The van der Waals surface area contributed by atoms with Crippen LogP contribution in [0.4, 0.5) is 0 Å². The summed E-state index contributed by atoms with van der Waals surface area (Å²) in [6.07, 6.45) is 2.89. The Morgan fingerprint density at radius 1 is 1.28 bits per heavy atom. The van der Waals surface area contributed by atoms with Crippen LogP contribution in [0.25, 0.3) is 0 Å². The Bertz CT molecular complexity index is 1350. The van der Waals surface area contributed by atoms with Gasteiger partial charge in [0.1, 0.15) is 28.6 Å². The summed E-state index contributed by atoms with van der Waals surface area (Å²) in [7, 11) is 1.51. The number of rotatable bonds is 5. The lowest BCUT2D eigenvalue weighted by molar-refractivity contribution is -0.145. The molecule has 0 bridgehead atoms. The second kappa shape index (κ2) is 9.35. The SMILES string of the molecule is CCC(C)N1CCC[C@H]1c1cc(O)c2c(c1OC)C[C@H]1C[C@H]3[C@H](N)C(O)=C(C(N)=O)C(=O)[C@@]3(O)C(O)=C1C2=O. The second-order valence-corrected chi connectivity index (χ2v) is 11.1. The molecule has 39 heavy (non-hydrogen) atoms. The molecular formula is C28H35N3O8. The normalized spacial score (nSPS) is 31.6. The van der Waals surface area contributed by atoms with Crippen molar-refractivity contribution in [1.82, 2.24) is 4.90 Å². The van der Waals surface area contributed by atoms with Gasteiger partial charge in [0.25, 0.3) is 5.91 Å². The van der Waals surface area contributed by atoms with E-state index >= 15 is 0 Å². The predicted octanol–water partition coefficient (Wildman–Crippen LogP) is 1.46. The van der Waals surface area contributed by atoms with Crippen LogP contribution >= 0.6 is 0 Å². The number of likely N-dealkylation sites (tertiary alicyclic amines) is 1. The van der Waals surface area contributed by atoms with Crippen molar-refractivity contribution in [3.05, 3.63) is 45.4 Å². The fourth-order valence-corrected chi connectivity index (χ4v) is 7.16. The van der Waals surface area contributed by atoms with E-state index < -0.39 is 58.0 Å². The molecule has 1 unspecified atom stereocenters. The van der Waals surface area contributed by atoms with Crippen LogP contribution in [0, 0.1) is 11.8 Å². The van der Waals surface area contributed by atoms with Crippen LogP contribution < -0.4 is 16.2 Å². The van der Waals surface area contributed by atoms with Crippen molar-refractivity contribution in [3.8, 4) is 11.5 Å². The van der Waals surface area contributed by atoms with Crippen molar-refractivity contribution in [2.45, 2.75) is 69.7 Å². The molecule has 1 saturated heterocycles. The number of nitrogens with zero attached hydrogens (tertiary/aromatic N) is 1. The molecule has 0 spiro atoms. The topological polar surface area (TPSA) is 197 Å². The highest BCUT2D eigenvalue weighted by Gasteiger charge is 2.62. The van der Waals surface area contributed by atoms with E-state index in [2.05, 4.69) is 18.7 Å². The number of hydrogen-bond acceptors (Lipinski definition) is 10. The van der Waals surface area contributed by atoms with Gasteiger partial charge in [-0.1, -0.05) is 6.92 Å². The molecule has 5 rings (SSSR count). The van der Waals surface area contributed by atoms with Crippen molar-refractivity contribution in [3.63, 3.8) is 0 Å². The number of aliphatic hydroxyl groups is 3. The molecule has 1 heterocycles. The number of primary amides is 1. The number of hydrogen-bond donors (Lipinski definition) is 6. The van der Waals surface area contributed by atoms with Crippen molar-refractivity contribution in [1.29, 1.82) is 0 Å². The summed E-state index contributed by atoms with van der Waals surface area (Å²) in [5.41, 5.74) is 8.72. The van der Waals surface area contributed by atoms with Gasteiger partial charge in [0.05, 0.1) is 18.7 Å². The number of ether oxygens (including phenoxy) is 1. The lowest BCUT2D eigenvalue weighted by atomic mass is 9.59. The number of phenolic OH excluding ortho intramolecular Hbond substituents is 1. The Hall–Kier alpha value is -3.41. The highest BCUT2D eigenvalue weighted by molar-refractivity contribution is 6.24. The van der Waals surface area contributed by atoms with E-state index in [-0.39, 0.29) is 35.8 Å². The Morgan fingerprint density at radius 3 is 2.59 bits per heavy atom. The van der Waals surface area contributed by atoms with Crippen LogP contribution in [0.15, 0.2) is 28.7 Å². The van der Waals surface area contributed by atoms with Gasteiger partial charge in [-0.2, -0.15) is 0 Å². The van der Waals surface area contributed by atoms with Gasteiger partial charge >= 0.3 is 0 Å². The number of Topliss-reactive ketones (excluding diaryl/α,β-unsaturated/α-hetero) is 2. The Morgan fingerprint density at radius 2 is 1.97 bits per heavy atom. The monoisotopic (exact) mass is 541 g/mol. The summed E-state index contributed by atoms with van der Waals surface area (Å²) in [5, 5.41) is 44.3. The van der Waals surface area contributed by atoms with Crippen molar-refractivity contribution in [2.24, 2.45) is 23.3 Å². The Kier molecular flexibility index (Phi) is 6.52. The molecule has 3 aliphatic carbocycles. The van der Waals surface area contributed by atoms with Crippen LogP contribution in [0.5, 0.6) is 11.5 Å². The minimum Gasteiger partial charge on any atom is -0.510 e. The largest absolute Gasteiger partial charge is 0.510 e. The van der Waals surface area contributed by atoms with Crippen molar-refractivity contribution < 1.29 is 39.5 Å². The molecule has 11 nitrogen and oxygen atoms in total. The molecule has 210 valence electrons. The van der Waals surface area contributed by atoms with Gasteiger partial charge in [-0.3, -0.25) is 19.3 Å². The van der Waals surface area contributed by atoms with E-state index in [1.165, 1.54) is 13.2 Å². The number of carbonyl (C=O) groups is 3. The smallest absolute Gasteiger partial charge is 0.255 e. The third-order valence-corrected chi connectivity index (χ3v) is 9.25. The van der Waals surface area contributed by atoms with Gasteiger partial charge in [0.2, 0.25) is 5.78 Å². The first-order valence-corrected chi connectivity index (χ1v) is 13.3. The molecule has 0 saturated carbocycles. The minimum absolute atomic E-state index is 0.0123. The zero-order chi connectivity index (χ0) is 28.5. The summed E-state index contributed by atoms with van der Waals surface area (Å²) >= 11 is 0. The number of phenols is 1. The van der Waals surface area contributed by atoms with Crippen LogP contribution in [-0.2, 0) is 16.0 Å². The number of ketones is 2. The first-order valence-electron chi connectivity index (χ1n) is 13.3. The first-order chi connectivity index (χ1) is 18.4. The Labute approximate surface area is 225 Å². The maximum atomic E-state index is 13.8. The lowest BCUT2D eigenvalue weighted by Crippen LogP contribution is -2.63. The Balaban J connectivity index is 1.66. The third kappa shape index (κ3) is 3.63. The standard InChI is InChI=1S/C28H35N3O8/c1-4-11(2)31-7-5-6-16(31)13-10-17(32)19-14(24(13)39-3)8-12-9-15-21(29)23(34)20(27(30)37)26(36)28(15,38)25(35)18(12)22(19)33/h10-12,15-16,21,32,34-35,38H,4-9,29H2,1-3H3,(H2,30,37)/t11?,12-,15-,16-,21-,28-/m0/s1. The van der Waals surface area contributed by atoms with Gasteiger partial charge in [-0.25, -0.2) is 0 Å². The summed E-state index contributed by atoms with van der Waals surface area (Å²) in [6.45, 7) is 5.17. The average molecular weight is 542 g/mol. The molecule has 4 aliphatic rings. The summed E-state index contributed by atoms with van der Waals surface area (Å²) in [4.78, 5) is 41.3. The van der Waals surface area contributed by atoms with Crippen molar-refractivity contribution >= 4 is 17.5 Å². The van der Waals surface area contributed by atoms with Gasteiger partial charge in [-0.15, -0.1) is 0 Å². The first kappa shape index (κ1) is 27.2. The zero-order valence-corrected chi connectivity index (χ0v) is 22.2. The highest BCUT2D eigenvalue weighted by atomic mass is 16.5. The highest BCUT2D eigenvalue weighted by Crippen LogP contribution is 2.53. The number of benzene rings is 1. The molecule has 1 aliphatic heterocycles. The van der Waals surface area contributed by atoms with Gasteiger partial charge in [-0.05, 0) is 57.6 Å². The number of carbonyl (C=O) groups excluding carboxylic acids is 3. The van der Waals surface area contributed by atoms with Gasteiger partial charge in [0, 0.05) is 34.7 Å². The number of aliphatic hydroxyl groups excluding tert-OH is 2. The van der Waals surface area contributed by atoms with Crippen LogP contribution in [-0.4, -0.2) is 74.1 Å². The number of amides is 1. The molecule has 1 aromatic carbocycles. The number of aromatic hydroxyl groups is 1. The fraction of sp³-hybridized carbons (Fsp3) is 0.536. The van der Waals surface area contributed by atoms with Crippen LogP contribution in [0.3, 0.4) is 0 Å². The molecule has 0 radical (unpaired) electrons. The van der Waals surface area contributed by atoms with E-state index in [1.807, 2.05) is 0 Å². The van der Waals surface area contributed by atoms with E-state index in [0.29, 0.717) is 17.4 Å².